The topological polar surface area (TPSA) is 115 Å². The molecule has 0 atom stereocenters. The zero-order valence-electron chi connectivity index (χ0n) is 22.4. The van der Waals surface area contributed by atoms with E-state index in [4.69, 9.17) is 0 Å². The van der Waals surface area contributed by atoms with Crippen LogP contribution in [0, 0.1) is 27.7 Å². The van der Waals surface area contributed by atoms with Crippen LogP contribution in [0.25, 0.3) is 0 Å². The van der Waals surface area contributed by atoms with Gasteiger partial charge in [-0.3, -0.25) is 10.2 Å². The highest BCUT2D eigenvalue weighted by Gasteiger charge is 1.75. The van der Waals surface area contributed by atoms with Gasteiger partial charge in [0.1, 0.15) is 0 Å². The average Bonchev–Trinajstić information content (AvgIpc) is 3.67. The lowest BCUT2D eigenvalue weighted by molar-refractivity contribution is 1.05. The van der Waals surface area contributed by atoms with E-state index < -0.39 is 0 Å². The maximum atomic E-state index is 3.77. The summed E-state index contributed by atoms with van der Waals surface area (Å²) in [6.45, 7) is 23.9. The molecule has 0 unspecified atom stereocenters. The molecule has 0 aliphatic carbocycles. The van der Waals surface area contributed by atoms with Crippen molar-refractivity contribution in [2.45, 2.75) is 83.1 Å². The maximum absolute atomic E-state index is 3.77. The molecular weight excluding hydrogens is 400 g/mol. The fourth-order valence-corrected chi connectivity index (χ4v) is 1.30. The Kier molecular flexibility index (Phi) is 36.8. The van der Waals surface area contributed by atoms with Crippen molar-refractivity contribution in [3.63, 3.8) is 0 Å². The minimum Gasteiger partial charge on any atom is -0.349 e. The van der Waals surface area contributed by atoms with Crippen LogP contribution in [0.2, 0.25) is 0 Å². The van der Waals surface area contributed by atoms with Gasteiger partial charge in [0.15, 0.2) is 0 Å². The number of aromatic amines is 4. The first-order valence-corrected chi connectivity index (χ1v) is 11.4. The number of hydrogen-bond acceptors (Lipinski definition) is 4. The molecule has 32 heavy (non-hydrogen) atoms. The van der Waals surface area contributed by atoms with Gasteiger partial charge in [-0.15, -0.1) is 0 Å². The summed E-state index contributed by atoms with van der Waals surface area (Å²) in [6.07, 6.45) is 10.3. The number of imidazole rings is 2. The lowest BCUT2D eigenvalue weighted by Crippen LogP contribution is -1.65. The molecule has 4 rings (SSSR count). The Balaban J connectivity index is -0.000000148. The minimum absolute atomic E-state index is 1.11. The second-order valence-corrected chi connectivity index (χ2v) is 4.95. The SMILES string of the molecule is CC.CC.CC.CC.Cc1ccn[nH]1.Cc1ccn[nH]1.Cc1cnc[nH]1.Cc1cnc[nH]1. The number of nitrogens with zero attached hydrogens (tertiary/aromatic N) is 4. The predicted octanol–water partition coefficient (Wildman–Crippen LogP) is 6.98. The Hall–Kier alpha value is -3.16. The Morgan fingerprint density at radius 3 is 0.875 bits per heavy atom. The van der Waals surface area contributed by atoms with Crippen molar-refractivity contribution in [1.82, 2.24) is 40.3 Å². The van der Waals surface area contributed by atoms with E-state index in [1.54, 1.807) is 37.4 Å². The fraction of sp³-hybridized carbons (Fsp3) is 0.500. The van der Waals surface area contributed by atoms with Crippen molar-refractivity contribution in [2.75, 3.05) is 0 Å². The van der Waals surface area contributed by atoms with E-state index in [1.807, 2.05) is 95.2 Å². The number of rotatable bonds is 0. The summed E-state index contributed by atoms with van der Waals surface area (Å²) in [7, 11) is 0. The van der Waals surface area contributed by atoms with E-state index in [9.17, 15) is 0 Å². The van der Waals surface area contributed by atoms with Crippen LogP contribution in [0.3, 0.4) is 0 Å². The first-order valence-electron chi connectivity index (χ1n) is 11.4. The van der Waals surface area contributed by atoms with Gasteiger partial charge in [-0.05, 0) is 39.8 Å². The first kappa shape index (κ1) is 36.2. The van der Waals surface area contributed by atoms with Gasteiger partial charge in [-0.25, -0.2) is 9.97 Å². The van der Waals surface area contributed by atoms with Gasteiger partial charge in [0.25, 0.3) is 0 Å². The zero-order valence-corrected chi connectivity index (χ0v) is 22.4. The predicted molar refractivity (Wildman–Crippen MR) is 139 cm³/mol. The second-order valence-electron chi connectivity index (χ2n) is 4.95. The average molecular weight is 449 g/mol. The van der Waals surface area contributed by atoms with E-state index >= 15 is 0 Å². The Labute approximate surface area is 196 Å². The van der Waals surface area contributed by atoms with Gasteiger partial charge >= 0.3 is 0 Å². The molecule has 0 bridgehead atoms. The molecule has 4 N–H and O–H groups in total. The summed E-state index contributed by atoms with van der Waals surface area (Å²) in [6, 6.07) is 3.83. The smallest absolute Gasteiger partial charge is 0.0921 e. The molecule has 0 spiro atoms. The van der Waals surface area contributed by atoms with Crippen molar-refractivity contribution in [2.24, 2.45) is 0 Å². The number of H-pyrrole nitrogens is 4. The van der Waals surface area contributed by atoms with Crippen LogP contribution in [-0.4, -0.2) is 40.3 Å². The molecule has 8 heteroatoms. The lowest BCUT2D eigenvalue weighted by atomic mass is 10.5. The van der Waals surface area contributed by atoms with Crippen LogP contribution >= 0.6 is 0 Å². The Morgan fingerprint density at radius 1 is 0.500 bits per heavy atom. The van der Waals surface area contributed by atoms with Gasteiger partial charge in [-0.2, -0.15) is 10.2 Å². The third kappa shape index (κ3) is 29.0. The highest BCUT2D eigenvalue weighted by atomic mass is 15.1. The molecule has 4 aromatic heterocycles. The summed E-state index contributed by atoms with van der Waals surface area (Å²) < 4.78 is 0. The Bertz CT molecular complexity index is 569. The molecule has 0 aliphatic heterocycles. The summed E-state index contributed by atoms with van der Waals surface area (Å²) in [4.78, 5) is 13.3. The number of aromatic nitrogens is 8. The van der Waals surface area contributed by atoms with Crippen molar-refractivity contribution >= 4 is 0 Å². The molecule has 0 radical (unpaired) electrons. The standard InChI is InChI=1S/4C4H6N2.4C2H6/c2*1-4-2-5-3-6-4;2*1-4-2-3-5-6-4;4*1-2/h4*2-3H,1H3,(H,5,6);4*1-2H3. The highest BCUT2D eigenvalue weighted by molar-refractivity contribution is 4.92. The third-order valence-electron chi connectivity index (χ3n) is 2.55. The van der Waals surface area contributed by atoms with Crippen LogP contribution in [0.5, 0.6) is 0 Å². The van der Waals surface area contributed by atoms with Gasteiger partial charge in [-0.1, -0.05) is 55.4 Å². The van der Waals surface area contributed by atoms with E-state index in [0.717, 1.165) is 22.8 Å². The third-order valence-corrected chi connectivity index (χ3v) is 2.55. The summed E-state index contributed by atoms with van der Waals surface area (Å²) in [5.41, 5.74) is 4.43. The molecule has 0 amide bonds. The monoisotopic (exact) mass is 448 g/mol. The van der Waals surface area contributed by atoms with Crippen molar-refractivity contribution in [3.05, 3.63) is 72.4 Å². The van der Waals surface area contributed by atoms with Gasteiger partial charge in [0, 0.05) is 47.6 Å². The van der Waals surface area contributed by atoms with Gasteiger partial charge in [0.05, 0.1) is 12.7 Å². The molecule has 4 heterocycles. The summed E-state index contributed by atoms with van der Waals surface area (Å²) in [5.74, 6) is 0. The summed E-state index contributed by atoms with van der Waals surface area (Å²) in [5, 5.41) is 12.9. The fourth-order valence-electron chi connectivity index (χ4n) is 1.30. The molecule has 184 valence electrons. The molecule has 0 aliphatic rings. The quantitative estimate of drug-likeness (QED) is 0.232. The number of aryl methyl sites for hydroxylation is 4. The van der Waals surface area contributed by atoms with Crippen LogP contribution in [0.4, 0.5) is 0 Å². The molecule has 0 saturated heterocycles. The van der Waals surface area contributed by atoms with Crippen molar-refractivity contribution in [1.29, 1.82) is 0 Å². The van der Waals surface area contributed by atoms with Crippen molar-refractivity contribution in [3.8, 4) is 0 Å². The highest BCUT2D eigenvalue weighted by Crippen LogP contribution is 1.83. The number of nitrogens with one attached hydrogen (secondary N) is 4. The maximum Gasteiger partial charge on any atom is 0.0921 e. The van der Waals surface area contributed by atoms with E-state index in [-0.39, 0.29) is 0 Å². The summed E-state index contributed by atoms with van der Waals surface area (Å²) >= 11 is 0. The molecule has 4 aromatic rings. The Morgan fingerprint density at radius 2 is 0.812 bits per heavy atom. The van der Waals surface area contributed by atoms with Gasteiger partial charge in [0.2, 0.25) is 0 Å². The van der Waals surface area contributed by atoms with Crippen LogP contribution in [0.15, 0.2) is 49.6 Å². The van der Waals surface area contributed by atoms with E-state index in [1.165, 1.54) is 0 Å². The van der Waals surface area contributed by atoms with Gasteiger partial charge < -0.3 is 9.97 Å². The molecule has 8 nitrogen and oxygen atoms in total. The lowest BCUT2D eigenvalue weighted by Gasteiger charge is -1.68. The molecule has 0 saturated carbocycles. The van der Waals surface area contributed by atoms with Crippen LogP contribution < -0.4 is 0 Å². The largest absolute Gasteiger partial charge is 0.349 e. The van der Waals surface area contributed by atoms with Crippen molar-refractivity contribution < 1.29 is 0 Å². The minimum atomic E-state index is 1.11. The zero-order chi connectivity index (χ0) is 25.6. The van der Waals surface area contributed by atoms with E-state index in [2.05, 4.69) is 40.3 Å². The van der Waals surface area contributed by atoms with E-state index in [0.29, 0.717) is 0 Å². The molecule has 0 fully saturated rings. The first-order chi connectivity index (χ1) is 15.6. The second kappa shape index (κ2) is 32.5. The number of hydrogen-bond donors (Lipinski definition) is 4. The molecular formula is C24H48N8. The van der Waals surface area contributed by atoms with Crippen LogP contribution in [-0.2, 0) is 0 Å². The molecule has 0 aromatic carbocycles. The van der Waals surface area contributed by atoms with Crippen LogP contribution in [0.1, 0.15) is 78.2 Å². The normalized spacial score (nSPS) is 7.38.